The monoisotopic (exact) mass is 292 g/mol. The van der Waals surface area contributed by atoms with Gasteiger partial charge in [-0.05, 0) is 24.6 Å². The summed E-state index contributed by atoms with van der Waals surface area (Å²) in [6.45, 7) is 5.54. The Labute approximate surface area is 125 Å². The van der Waals surface area contributed by atoms with Crippen LogP contribution in [-0.2, 0) is 17.9 Å². The number of likely N-dealkylation sites (N-methyl/N-ethyl adjacent to an activating group) is 1. The zero-order valence-corrected chi connectivity index (χ0v) is 12.8. The molecule has 0 saturated carbocycles. The maximum atomic E-state index is 12.0. The molecule has 116 valence electrons. The van der Waals surface area contributed by atoms with E-state index in [1.807, 2.05) is 36.1 Å². The number of carbonyl (C=O) groups excluding carboxylic acids is 2. The Morgan fingerprint density at radius 2 is 1.90 bits per heavy atom. The minimum absolute atomic E-state index is 0.318. The third-order valence-electron chi connectivity index (χ3n) is 3.51. The van der Waals surface area contributed by atoms with Crippen LogP contribution in [0.1, 0.15) is 25.0 Å². The Hall–Kier alpha value is -1.92. The van der Waals surface area contributed by atoms with Crippen LogP contribution in [0.15, 0.2) is 24.3 Å². The molecule has 21 heavy (non-hydrogen) atoms. The van der Waals surface area contributed by atoms with E-state index in [0.717, 1.165) is 11.1 Å². The fourth-order valence-corrected chi connectivity index (χ4v) is 2.10. The van der Waals surface area contributed by atoms with Crippen molar-refractivity contribution in [3.8, 4) is 0 Å². The average Bonchev–Trinajstić information content (AvgIpc) is 2.51. The zero-order valence-electron chi connectivity index (χ0n) is 12.8. The van der Waals surface area contributed by atoms with Gasteiger partial charge >= 0.3 is 6.03 Å². The van der Waals surface area contributed by atoms with Gasteiger partial charge in [-0.1, -0.05) is 31.2 Å². The van der Waals surface area contributed by atoms with E-state index in [9.17, 15) is 9.59 Å². The third kappa shape index (κ3) is 4.84. The molecule has 0 heterocycles. The Kier molecular flexibility index (Phi) is 6.84. The van der Waals surface area contributed by atoms with Crippen LogP contribution in [0.25, 0.3) is 0 Å². The summed E-state index contributed by atoms with van der Waals surface area (Å²) in [5.41, 5.74) is 7.90. The lowest BCUT2D eigenvalue weighted by molar-refractivity contribution is -0.124. The van der Waals surface area contributed by atoms with Gasteiger partial charge in [-0.15, -0.1) is 0 Å². The summed E-state index contributed by atoms with van der Waals surface area (Å²) in [7, 11) is 1.47. The van der Waals surface area contributed by atoms with E-state index in [1.165, 1.54) is 7.05 Å². The van der Waals surface area contributed by atoms with Gasteiger partial charge in [0.1, 0.15) is 0 Å². The molecule has 0 fully saturated rings. The highest BCUT2D eigenvalue weighted by atomic mass is 16.2. The molecule has 1 atom stereocenters. The molecule has 6 heteroatoms. The summed E-state index contributed by atoms with van der Waals surface area (Å²) in [6.07, 6.45) is 0. The van der Waals surface area contributed by atoms with Gasteiger partial charge < -0.3 is 11.1 Å². The largest absolute Gasteiger partial charge is 0.341 e. The maximum absolute atomic E-state index is 12.0. The van der Waals surface area contributed by atoms with E-state index >= 15 is 0 Å². The standard InChI is InChI=1S/C15H24N4O2/c1-4-19(11(2)14(20)18-15(21)17-3)10-13-8-6-5-7-12(13)9-16/h5-8,11H,4,9-10,16H2,1-3H3,(H2,17,18,20,21). The number of amides is 3. The second-order valence-corrected chi connectivity index (χ2v) is 4.78. The van der Waals surface area contributed by atoms with Crippen molar-refractivity contribution in [2.24, 2.45) is 5.73 Å². The minimum Gasteiger partial charge on any atom is -0.341 e. The molecule has 0 aliphatic heterocycles. The number of rotatable bonds is 6. The van der Waals surface area contributed by atoms with Gasteiger partial charge in [0.05, 0.1) is 6.04 Å². The number of urea groups is 1. The summed E-state index contributed by atoms with van der Waals surface area (Å²) >= 11 is 0. The quantitative estimate of drug-likeness (QED) is 0.724. The van der Waals surface area contributed by atoms with Gasteiger partial charge in [0, 0.05) is 20.1 Å². The normalized spacial score (nSPS) is 12.0. The fraction of sp³-hybridized carbons (Fsp3) is 0.467. The predicted octanol–water partition coefficient (Wildman–Crippen LogP) is 0.811. The summed E-state index contributed by atoms with van der Waals surface area (Å²) in [4.78, 5) is 25.2. The van der Waals surface area contributed by atoms with E-state index in [2.05, 4.69) is 10.6 Å². The number of nitrogens with one attached hydrogen (secondary N) is 2. The molecule has 1 aromatic rings. The first-order chi connectivity index (χ1) is 10.0. The average molecular weight is 292 g/mol. The van der Waals surface area contributed by atoms with E-state index in [-0.39, 0.29) is 5.91 Å². The zero-order chi connectivity index (χ0) is 15.8. The second-order valence-electron chi connectivity index (χ2n) is 4.78. The molecule has 1 unspecified atom stereocenters. The Morgan fingerprint density at radius 1 is 1.29 bits per heavy atom. The highest BCUT2D eigenvalue weighted by molar-refractivity contribution is 5.96. The molecule has 0 aromatic heterocycles. The third-order valence-corrected chi connectivity index (χ3v) is 3.51. The maximum Gasteiger partial charge on any atom is 0.321 e. The molecule has 0 spiro atoms. The lowest BCUT2D eigenvalue weighted by Gasteiger charge is -2.27. The van der Waals surface area contributed by atoms with Crippen LogP contribution in [-0.4, -0.2) is 36.5 Å². The Bertz CT molecular complexity index is 490. The summed E-state index contributed by atoms with van der Waals surface area (Å²) < 4.78 is 0. The topological polar surface area (TPSA) is 87.5 Å². The van der Waals surface area contributed by atoms with Crippen LogP contribution in [0, 0.1) is 0 Å². The number of hydrogen-bond donors (Lipinski definition) is 3. The molecule has 1 aromatic carbocycles. The number of benzene rings is 1. The van der Waals surface area contributed by atoms with Crippen LogP contribution < -0.4 is 16.4 Å². The molecule has 3 amide bonds. The molecule has 0 bridgehead atoms. The number of nitrogens with two attached hydrogens (primary N) is 1. The molecular formula is C15H24N4O2. The van der Waals surface area contributed by atoms with Crippen LogP contribution in [0.2, 0.25) is 0 Å². The lowest BCUT2D eigenvalue weighted by Crippen LogP contribution is -2.48. The van der Waals surface area contributed by atoms with E-state index in [1.54, 1.807) is 6.92 Å². The SMILES string of the molecule is CCN(Cc1ccccc1CN)C(C)C(=O)NC(=O)NC. The van der Waals surface area contributed by atoms with Crippen LogP contribution in [0.5, 0.6) is 0 Å². The fourth-order valence-electron chi connectivity index (χ4n) is 2.10. The van der Waals surface area contributed by atoms with Crippen molar-refractivity contribution in [3.05, 3.63) is 35.4 Å². The van der Waals surface area contributed by atoms with E-state index in [0.29, 0.717) is 19.6 Å². The first kappa shape index (κ1) is 17.1. The number of hydrogen-bond acceptors (Lipinski definition) is 4. The van der Waals surface area contributed by atoms with Crippen molar-refractivity contribution in [3.63, 3.8) is 0 Å². The Balaban J connectivity index is 2.78. The number of imide groups is 1. The second kappa shape index (κ2) is 8.39. The molecule has 1 rings (SSSR count). The van der Waals surface area contributed by atoms with Crippen LogP contribution in [0.3, 0.4) is 0 Å². The van der Waals surface area contributed by atoms with Gasteiger partial charge in [0.25, 0.3) is 0 Å². The van der Waals surface area contributed by atoms with Gasteiger partial charge in [-0.25, -0.2) is 4.79 Å². The van der Waals surface area contributed by atoms with Gasteiger partial charge in [-0.2, -0.15) is 0 Å². The summed E-state index contributed by atoms with van der Waals surface area (Å²) in [5, 5.41) is 4.67. The molecule has 6 nitrogen and oxygen atoms in total. The highest BCUT2D eigenvalue weighted by Gasteiger charge is 2.22. The summed E-state index contributed by atoms with van der Waals surface area (Å²) in [6, 6.07) is 7.00. The van der Waals surface area contributed by atoms with E-state index in [4.69, 9.17) is 5.73 Å². The smallest absolute Gasteiger partial charge is 0.321 e. The van der Waals surface area contributed by atoms with Crippen LogP contribution >= 0.6 is 0 Å². The highest BCUT2D eigenvalue weighted by Crippen LogP contribution is 2.13. The number of carbonyl (C=O) groups is 2. The molecule has 0 saturated heterocycles. The van der Waals surface area contributed by atoms with Crippen molar-refractivity contribution in [2.45, 2.75) is 33.0 Å². The van der Waals surface area contributed by atoms with Crippen molar-refractivity contribution in [1.29, 1.82) is 0 Å². The summed E-state index contributed by atoms with van der Waals surface area (Å²) in [5.74, 6) is -0.318. The number of nitrogens with zero attached hydrogens (tertiary/aromatic N) is 1. The molecule has 0 aliphatic carbocycles. The van der Waals surface area contributed by atoms with Crippen molar-refractivity contribution in [2.75, 3.05) is 13.6 Å². The predicted molar refractivity (Wildman–Crippen MR) is 82.5 cm³/mol. The Morgan fingerprint density at radius 3 is 2.43 bits per heavy atom. The molecule has 0 aliphatic rings. The van der Waals surface area contributed by atoms with Gasteiger partial charge in [0.15, 0.2) is 0 Å². The van der Waals surface area contributed by atoms with Gasteiger partial charge in [0.2, 0.25) is 5.91 Å². The first-order valence-electron chi connectivity index (χ1n) is 7.06. The molecule has 4 N–H and O–H groups in total. The minimum atomic E-state index is -0.495. The van der Waals surface area contributed by atoms with Crippen molar-refractivity contribution in [1.82, 2.24) is 15.5 Å². The molecular weight excluding hydrogens is 268 g/mol. The van der Waals surface area contributed by atoms with Gasteiger partial charge in [-0.3, -0.25) is 15.0 Å². The van der Waals surface area contributed by atoms with E-state index < -0.39 is 12.1 Å². The van der Waals surface area contributed by atoms with Crippen LogP contribution in [0.4, 0.5) is 4.79 Å². The van der Waals surface area contributed by atoms with Crippen molar-refractivity contribution < 1.29 is 9.59 Å². The lowest BCUT2D eigenvalue weighted by atomic mass is 10.1. The first-order valence-corrected chi connectivity index (χ1v) is 7.06. The molecule has 0 radical (unpaired) electrons. The van der Waals surface area contributed by atoms with Crippen molar-refractivity contribution >= 4 is 11.9 Å².